The molecule has 0 aromatic heterocycles. The third kappa shape index (κ3) is 6.08. The highest BCUT2D eigenvalue weighted by Gasteiger charge is 2.16. The van der Waals surface area contributed by atoms with Gasteiger partial charge in [0.15, 0.2) is 0 Å². The van der Waals surface area contributed by atoms with E-state index in [0.717, 1.165) is 5.56 Å². The molecule has 2 aromatic rings. The SMILES string of the molecule is CC(=O)N(CC(=O)NC(C)C)c1ccc(OCc2ccc(Cl)cc2)cc1. The number of carbonyl (C=O) groups excluding carboxylic acids is 2. The maximum atomic E-state index is 12.0. The first-order valence-electron chi connectivity index (χ1n) is 8.40. The number of nitrogens with zero attached hydrogens (tertiary/aromatic N) is 1. The van der Waals surface area contributed by atoms with Gasteiger partial charge >= 0.3 is 0 Å². The van der Waals surface area contributed by atoms with E-state index in [1.165, 1.54) is 11.8 Å². The highest BCUT2D eigenvalue weighted by molar-refractivity contribution is 6.30. The average Bonchev–Trinajstić information content (AvgIpc) is 2.59. The summed E-state index contributed by atoms with van der Waals surface area (Å²) in [7, 11) is 0. The van der Waals surface area contributed by atoms with E-state index in [-0.39, 0.29) is 24.4 Å². The Labute approximate surface area is 158 Å². The van der Waals surface area contributed by atoms with Gasteiger partial charge in [-0.1, -0.05) is 23.7 Å². The fourth-order valence-electron chi connectivity index (χ4n) is 2.37. The van der Waals surface area contributed by atoms with E-state index in [1.807, 2.05) is 38.1 Å². The highest BCUT2D eigenvalue weighted by atomic mass is 35.5. The van der Waals surface area contributed by atoms with Crippen LogP contribution in [-0.2, 0) is 16.2 Å². The van der Waals surface area contributed by atoms with Crippen molar-refractivity contribution in [3.63, 3.8) is 0 Å². The van der Waals surface area contributed by atoms with Crippen molar-refractivity contribution in [1.82, 2.24) is 5.32 Å². The first-order valence-corrected chi connectivity index (χ1v) is 8.77. The summed E-state index contributed by atoms with van der Waals surface area (Å²) in [5, 5.41) is 3.47. The third-order valence-electron chi connectivity index (χ3n) is 3.60. The molecule has 0 saturated heterocycles. The van der Waals surface area contributed by atoms with Crippen molar-refractivity contribution >= 4 is 29.1 Å². The van der Waals surface area contributed by atoms with E-state index in [4.69, 9.17) is 16.3 Å². The standard InChI is InChI=1S/C20H23ClN2O3/c1-14(2)22-20(25)12-23(15(3)24)18-8-10-19(11-9-18)26-13-16-4-6-17(21)7-5-16/h4-11,14H,12-13H2,1-3H3,(H,22,25). The van der Waals surface area contributed by atoms with Gasteiger partial charge in [0.25, 0.3) is 0 Å². The van der Waals surface area contributed by atoms with E-state index in [9.17, 15) is 9.59 Å². The molecule has 0 fully saturated rings. The van der Waals surface area contributed by atoms with E-state index in [2.05, 4.69) is 5.32 Å². The summed E-state index contributed by atoms with van der Waals surface area (Å²) in [6, 6.07) is 14.6. The summed E-state index contributed by atoms with van der Waals surface area (Å²) in [6.07, 6.45) is 0. The topological polar surface area (TPSA) is 58.6 Å². The molecule has 0 aliphatic rings. The van der Waals surface area contributed by atoms with Gasteiger partial charge in [0.2, 0.25) is 11.8 Å². The minimum absolute atomic E-state index is 0.0154. The molecule has 26 heavy (non-hydrogen) atoms. The van der Waals surface area contributed by atoms with Gasteiger partial charge in [-0.3, -0.25) is 9.59 Å². The molecule has 0 aliphatic heterocycles. The van der Waals surface area contributed by atoms with Crippen molar-refractivity contribution in [2.75, 3.05) is 11.4 Å². The third-order valence-corrected chi connectivity index (χ3v) is 3.85. The molecular weight excluding hydrogens is 352 g/mol. The number of carbonyl (C=O) groups is 2. The van der Waals surface area contributed by atoms with Crippen molar-refractivity contribution in [2.45, 2.75) is 33.4 Å². The van der Waals surface area contributed by atoms with Crippen molar-refractivity contribution < 1.29 is 14.3 Å². The van der Waals surface area contributed by atoms with Gasteiger partial charge in [0, 0.05) is 23.7 Å². The number of halogens is 1. The molecule has 2 amide bonds. The lowest BCUT2D eigenvalue weighted by Gasteiger charge is -2.21. The smallest absolute Gasteiger partial charge is 0.240 e. The maximum Gasteiger partial charge on any atom is 0.240 e. The molecule has 0 spiro atoms. The Morgan fingerprint density at radius 3 is 2.23 bits per heavy atom. The summed E-state index contributed by atoms with van der Waals surface area (Å²) in [4.78, 5) is 25.3. The number of ether oxygens (including phenoxy) is 1. The van der Waals surface area contributed by atoms with E-state index >= 15 is 0 Å². The second-order valence-electron chi connectivity index (χ2n) is 6.24. The van der Waals surface area contributed by atoms with Crippen LogP contribution in [0.2, 0.25) is 5.02 Å². The molecule has 0 heterocycles. The van der Waals surface area contributed by atoms with Gasteiger partial charge in [-0.15, -0.1) is 0 Å². The fraction of sp³-hybridized carbons (Fsp3) is 0.300. The number of nitrogens with one attached hydrogen (secondary N) is 1. The Morgan fingerprint density at radius 2 is 1.69 bits per heavy atom. The van der Waals surface area contributed by atoms with Crippen molar-refractivity contribution in [1.29, 1.82) is 0 Å². The quantitative estimate of drug-likeness (QED) is 0.802. The van der Waals surface area contributed by atoms with Crippen molar-refractivity contribution in [2.24, 2.45) is 0 Å². The van der Waals surface area contributed by atoms with Gasteiger partial charge in [-0.25, -0.2) is 0 Å². The van der Waals surface area contributed by atoms with Crippen LogP contribution in [0.1, 0.15) is 26.3 Å². The summed E-state index contributed by atoms with van der Waals surface area (Å²) in [5.41, 5.74) is 1.66. The Morgan fingerprint density at radius 1 is 1.08 bits per heavy atom. The lowest BCUT2D eigenvalue weighted by atomic mass is 10.2. The predicted molar refractivity (Wildman–Crippen MR) is 104 cm³/mol. The summed E-state index contributed by atoms with van der Waals surface area (Å²) < 4.78 is 5.74. The first kappa shape index (κ1) is 19.8. The summed E-state index contributed by atoms with van der Waals surface area (Å²) in [5.74, 6) is 0.288. The predicted octanol–water partition coefficient (Wildman–Crippen LogP) is 3.80. The second kappa shape index (κ2) is 9.25. The van der Waals surface area contributed by atoms with Crippen LogP contribution < -0.4 is 15.0 Å². The average molecular weight is 375 g/mol. The molecule has 0 saturated carbocycles. The molecule has 2 rings (SSSR count). The van der Waals surface area contributed by atoms with Gasteiger partial charge in [0.05, 0.1) is 0 Å². The molecule has 138 valence electrons. The molecule has 6 heteroatoms. The molecule has 0 atom stereocenters. The number of hydrogen-bond donors (Lipinski definition) is 1. The minimum Gasteiger partial charge on any atom is -0.489 e. The second-order valence-corrected chi connectivity index (χ2v) is 6.67. The Hall–Kier alpha value is -2.53. The zero-order valence-corrected chi connectivity index (χ0v) is 15.9. The molecule has 1 N–H and O–H groups in total. The summed E-state index contributed by atoms with van der Waals surface area (Å²) in [6.45, 7) is 5.60. The normalized spacial score (nSPS) is 10.5. The van der Waals surface area contributed by atoms with Gasteiger partial charge in [0.1, 0.15) is 18.9 Å². The lowest BCUT2D eigenvalue weighted by molar-refractivity contribution is -0.123. The number of anilines is 1. The summed E-state index contributed by atoms with van der Waals surface area (Å²) >= 11 is 5.86. The molecule has 0 unspecified atom stereocenters. The molecule has 0 aliphatic carbocycles. The van der Waals surface area contributed by atoms with Crippen LogP contribution in [0.4, 0.5) is 5.69 Å². The number of hydrogen-bond acceptors (Lipinski definition) is 3. The molecule has 0 bridgehead atoms. The molecule has 2 aromatic carbocycles. The zero-order valence-electron chi connectivity index (χ0n) is 15.2. The number of benzene rings is 2. The van der Waals surface area contributed by atoms with Gasteiger partial charge in [-0.2, -0.15) is 0 Å². The van der Waals surface area contributed by atoms with E-state index in [0.29, 0.717) is 23.1 Å². The van der Waals surface area contributed by atoms with Crippen LogP contribution in [0.25, 0.3) is 0 Å². The van der Waals surface area contributed by atoms with E-state index < -0.39 is 0 Å². The van der Waals surface area contributed by atoms with Crippen LogP contribution >= 0.6 is 11.6 Å². The van der Waals surface area contributed by atoms with Crippen LogP contribution in [0, 0.1) is 0 Å². The van der Waals surface area contributed by atoms with Crippen LogP contribution in [0.15, 0.2) is 48.5 Å². The van der Waals surface area contributed by atoms with Crippen LogP contribution in [0.3, 0.4) is 0 Å². The Bertz CT molecular complexity index is 743. The molecule has 5 nitrogen and oxygen atoms in total. The first-order chi connectivity index (χ1) is 12.3. The van der Waals surface area contributed by atoms with Gasteiger partial charge in [-0.05, 0) is 55.8 Å². The van der Waals surface area contributed by atoms with E-state index in [1.54, 1.807) is 24.3 Å². The van der Waals surface area contributed by atoms with Gasteiger partial charge < -0.3 is 15.0 Å². The molecular formula is C20H23ClN2O3. The Balaban J connectivity index is 2.00. The maximum absolute atomic E-state index is 12.0. The number of amides is 2. The fourth-order valence-corrected chi connectivity index (χ4v) is 2.49. The largest absolute Gasteiger partial charge is 0.489 e. The monoisotopic (exact) mass is 374 g/mol. The number of rotatable bonds is 7. The minimum atomic E-state index is -0.196. The van der Waals surface area contributed by atoms with Crippen LogP contribution in [0.5, 0.6) is 5.75 Å². The lowest BCUT2D eigenvalue weighted by Crippen LogP contribution is -2.42. The zero-order chi connectivity index (χ0) is 19.1. The highest BCUT2D eigenvalue weighted by Crippen LogP contribution is 2.21. The van der Waals surface area contributed by atoms with Crippen LogP contribution in [-0.4, -0.2) is 24.4 Å². The van der Waals surface area contributed by atoms with Crippen molar-refractivity contribution in [3.8, 4) is 5.75 Å². The Kier molecular flexibility index (Phi) is 7.04. The van der Waals surface area contributed by atoms with Crippen molar-refractivity contribution in [3.05, 3.63) is 59.1 Å². The molecule has 0 radical (unpaired) electrons.